The van der Waals surface area contributed by atoms with Gasteiger partial charge in [-0.25, -0.2) is 0 Å². The lowest BCUT2D eigenvalue weighted by Crippen LogP contribution is -2.50. The normalized spacial score (nSPS) is 27.7. The van der Waals surface area contributed by atoms with E-state index in [0.29, 0.717) is 6.61 Å². The van der Waals surface area contributed by atoms with Gasteiger partial charge in [0.05, 0.1) is 19.8 Å². The van der Waals surface area contributed by atoms with Crippen molar-refractivity contribution in [1.29, 1.82) is 0 Å². The van der Waals surface area contributed by atoms with Crippen LogP contribution in [0.1, 0.15) is 71.1 Å². The number of aliphatic hydroxyl groups excluding tert-OH is 3. The zero-order chi connectivity index (χ0) is 17.0. The molecule has 1 fully saturated rings. The zero-order valence-corrected chi connectivity index (χ0v) is 14.7. The lowest BCUT2D eigenvalue weighted by atomic mass is 9.97. The van der Waals surface area contributed by atoms with E-state index in [4.69, 9.17) is 9.47 Å². The van der Waals surface area contributed by atoms with E-state index in [1.807, 2.05) is 0 Å². The molecule has 0 saturated carbocycles. The standard InChI is InChI=1S/C18H36O5/c1-2-3-4-5-6-7-8-9-10-11-12-22-15-18(14-19)17(21)16(20)13-23-18/h16-17,19-21H,2-15H2,1H3/t16-,17?,18-/m1/s1. The highest BCUT2D eigenvalue weighted by Crippen LogP contribution is 2.26. The van der Waals surface area contributed by atoms with Crippen molar-refractivity contribution >= 4 is 0 Å². The average molecular weight is 332 g/mol. The maximum atomic E-state index is 9.87. The first-order valence-corrected chi connectivity index (χ1v) is 9.35. The molecule has 5 nitrogen and oxygen atoms in total. The Morgan fingerprint density at radius 2 is 1.52 bits per heavy atom. The van der Waals surface area contributed by atoms with Crippen molar-refractivity contribution in [2.24, 2.45) is 0 Å². The van der Waals surface area contributed by atoms with E-state index < -0.39 is 17.8 Å². The van der Waals surface area contributed by atoms with Gasteiger partial charge in [-0.3, -0.25) is 0 Å². The minimum Gasteiger partial charge on any atom is -0.393 e. The first-order chi connectivity index (χ1) is 11.2. The summed E-state index contributed by atoms with van der Waals surface area (Å²) in [6.07, 6.45) is 10.7. The SMILES string of the molecule is CCCCCCCCCCCCOC[C@@]1(CO)OC[C@@H](O)C1O. The molecule has 3 N–H and O–H groups in total. The summed E-state index contributed by atoms with van der Waals surface area (Å²) in [6.45, 7) is 2.67. The van der Waals surface area contributed by atoms with Gasteiger partial charge in [-0.1, -0.05) is 64.7 Å². The molecule has 1 aliphatic rings. The van der Waals surface area contributed by atoms with Crippen molar-refractivity contribution in [3.63, 3.8) is 0 Å². The fourth-order valence-electron chi connectivity index (χ4n) is 3.03. The van der Waals surface area contributed by atoms with Crippen LogP contribution in [0.5, 0.6) is 0 Å². The molecule has 0 aromatic carbocycles. The van der Waals surface area contributed by atoms with Gasteiger partial charge >= 0.3 is 0 Å². The third-order valence-electron chi connectivity index (χ3n) is 4.70. The van der Waals surface area contributed by atoms with Crippen LogP contribution >= 0.6 is 0 Å². The maximum absolute atomic E-state index is 9.87. The second-order valence-electron chi connectivity index (χ2n) is 6.78. The Kier molecular flexibility index (Phi) is 11.1. The third-order valence-corrected chi connectivity index (χ3v) is 4.70. The summed E-state index contributed by atoms with van der Waals surface area (Å²) < 4.78 is 10.9. The van der Waals surface area contributed by atoms with E-state index in [1.165, 1.54) is 51.4 Å². The topological polar surface area (TPSA) is 79.2 Å². The van der Waals surface area contributed by atoms with Crippen LogP contribution in [-0.2, 0) is 9.47 Å². The molecule has 3 atom stereocenters. The van der Waals surface area contributed by atoms with Gasteiger partial charge < -0.3 is 24.8 Å². The number of rotatable bonds is 14. The Morgan fingerprint density at radius 1 is 0.957 bits per heavy atom. The van der Waals surface area contributed by atoms with Gasteiger partial charge in [0.1, 0.15) is 17.8 Å². The Balaban J connectivity index is 1.93. The summed E-state index contributed by atoms with van der Waals surface area (Å²) in [5.41, 5.74) is -1.15. The highest BCUT2D eigenvalue weighted by Gasteiger charge is 2.48. The molecule has 1 saturated heterocycles. The average Bonchev–Trinajstić information content (AvgIpc) is 2.85. The molecule has 1 aliphatic heterocycles. The van der Waals surface area contributed by atoms with Crippen LogP contribution < -0.4 is 0 Å². The molecule has 1 rings (SSSR count). The van der Waals surface area contributed by atoms with E-state index in [0.717, 1.165) is 12.8 Å². The van der Waals surface area contributed by atoms with E-state index in [2.05, 4.69) is 6.92 Å². The fourth-order valence-corrected chi connectivity index (χ4v) is 3.03. The van der Waals surface area contributed by atoms with Gasteiger partial charge in [-0.2, -0.15) is 0 Å². The molecule has 0 amide bonds. The smallest absolute Gasteiger partial charge is 0.143 e. The lowest BCUT2D eigenvalue weighted by Gasteiger charge is -2.29. The molecule has 0 aromatic heterocycles. The molecule has 0 spiro atoms. The van der Waals surface area contributed by atoms with E-state index in [9.17, 15) is 15.3 Å². The van der Waals surface area contributed by atoms with E-state index >= 15 is 0 Å². The molecule has 1 unspecified atom stereocenters. The largest absolute Gasteiger partial charge is 0.393 e. The molecular formula is C18H36O5. The van der Waals surface area contributed by atoms with Crippen LogP contribution in [0.3, 0.4) is 0 Å². The highest BCUT2D eigenvalue weighted by molar-refractivity contribution is 4.97. The second-order valence-corrected chi connectivity index (χ2v) is 6.78. The molecule has 0 aromatic rings. The van der Waals surface area contributed by atoms with Gasteiger partial charge in [0.15, 0.2) is 0 Å². The van der Waals surface area contributed by atoms with Gasteiger partial charge in [-0.15, -0.1) is 0 Å². The van der Waals surface area contributed by atoms with E-state index in [1.54, 1.807) is 0 Å². The summed E-state index contributed by atoms with van der Waals surface area (Å²) in [5.74, 6) is 0. The quantitative estimate of drug-likeness (QED) is 0.426. The van der Waals surface area contributed by atoms with Crippen LogP contribution in [0.15, 0.2) is 0 Å². The van der Waals surface area contributed by atoms with Crippen LogP contribution in [0.25, 0.3) is 0 Å². The molecule has 0 bridgehead atoms. The minimum atomic E-state index is -1.15. The zero-order valence-electron chi connectivity index (χ0n) is 14.7. The number of unbranched alkanes of at least 4 members (excludes halogenated alkanes) is 9. The highest BCUT2D eigenvalue weighted by atomic mass is 16.6. The fraction of sp³-hybridized carbons (Fsp3) is 1.00. The first-order valence-electron chi connectivity index (χ1n) is 9.35. The van der Waals surface area contributed by atoms with Crippen molar-refractivity contribution in [2.45, 2.75) is 88.9 Å². The van der Waals surface area contributed by atoms with Crippen molar-refractivity contribution in [3.8, 4) is 0 Å². The van der Waals surface area contributed by atoms with Gasteiger partial charge in [0, 0.05) is 6.61 Å². The molecule has 5 heteroatoms. The molecule has 1 heterocycles. The van der Waals surface area contributed by atoms with Crippen LogP contribution in [0.4, 0.5) is 0 Å². The summed E-state index contributed by atoms with van der Waals surface area (Å²) >= 11 is 0. The lowest BCUT2D eigenvalue weighted by molar-refractivity contribution is -0.135. The monoisotopic (exact) mass is 332 g/mol. The molecule has 0 aliphatic carbocycles. The molecule has 23 heavy (non-hydrogen) atoms. The molecular weight excluding hydrogens is 296 g/mol. The summed E-state index contributed by atoms with van der Waals surface area (Å²) in [5, 5.41) is 28.8. The van der Waals surface area contributed by atoms with Crippen LogP contribution in [-0.4, -0.2) is 59.6 Å². The Labute approximate surface area is 141 Å². The minimum absolute atomic E-state index is 0.0450. The van der Waals surface area contributed by atoms with Crippen molar-refractivity contribution in [1.82, 2.24) is 0 Å². The van der Waals surface area contributed by atoms with Crippen molar-refractivity contribution < 1.29 is 24.8 Å². The predicted octanol–water partition coefficient (Wildman–Crippen LogP) is 2.41. The third kappa shape index (κ3) is 7.48. The van der Waals surface area contributed by atoms with Crippen molar-refractivity contribution in [2.75, 3.05) is 26.4 Å². The number of hydrogen-bond donors (Lipinski definition) is 3. The summed E-state index contributed by atoms with van der Waals surface area (Å²) in [6, 6.07) is 0. The van der Waals surface area contributed by atoms with Gasteiger partial charge in [0.25, 0.3) is 0 Å². The first kappa shape index (κ1) is 20.8. The number of ether oxygens (including phenoxy) is 2. The summed E-state index contributed by atoms with van der Waals surface area (Å²) in [4.78, 5) is 0. The van der Waals surface area contributed by atoms with Crippen LogP contribution in [0.2, 0.25) is 0 Å². The maximum Gasteiger partial charge on any atom is 0.143 e. The Bertz CT molecular complexity index is 287. The molecule has 0 radical (unpaired) electrons. The van der Waals surface area contributed by atoms with E-state index in [-0.39, 0.29) is 19.8 Å². The second kappa shape index (κ2) is 12.2. The number of hydrogen-bond acceptors (Lipinski definition) is 5. The Morgan fingerprint density at radius 3 is 2.00 bits per heavy atom. The van der Waals surface area contributed by atoms with Gasteiger partial charge in [-0.05, 0) is 6.42 Å². The molecule has 138 valence electrons. The van der Waals surface area contributed by atoms with Gasteiger partial charge in [0.2, 0.25) is 0 Å². The van der Waals surface area contributed by atoms with Crippen molar-refractivity contribution in [3.05, 3.63) is 0 Å². The summed E-state index contributed by atoms with van der Waals surface area (Å²) in [7, 11) is 0. The predicted molar refractivity (Wildman–Crippen MR) is 90.4 cm³/mol. The van der Waals surface area contributed by atoms with Crippen LogP contribution in [0, 0.1) is 0 Å². The Hall–Kier alpha value is -0.200. The number of aliphatic hydroxyl groups is 3.